The van der Waals surface area contributed by atoms with Crippen LogP contribution in [0.2, 0.25) is 0 Å². The quantitative estimate of drug-likeness (QED) is 0.525. The predicted molar refractivity (Wildman–Crippen MR) is 111 cm³/mol. The Morgan fingerprint density at radius 3 is 2.68 bits per heavy atom. The minimum atomic E-state index is -0.323. The number of methoxy groups -OCH3 is 1. The molecule has 0 bridgehead atoms. The number of aryl methyl sites for hydroxylation is 1. The first-order valence-electron chi connectivity index (χ1n) is 9.05. The average molecular weight is 371 g/mol. The van der Waals surface area contributed by atoms with Crippen LogP contribution in [0.15, 0.2) is 73.2 Å². The van der Waals surface area contributed by atoms with Crippen molar-refractivity contribution < 1.29 is 9.84 Å². The number of anilines is 1. The molecule has 28 heavy (non-hydrogen) atoms. The summed E-state index contributed by atoms with van der Waals surface area (Å²) in [6.45, 7) is 2.03. The largest absolute Gasteiger partial charge is 0.505 e. The summed E-state index contributed by atoms with van der Waals surface area (Å²) in [6, 6.07) is 17.2. The molecule has 4 aromatic rings. The highest BCUT2D eigenvalue weighted by Crippen LogP contribution is 2.38. The number of hydrogen-bond acceptors (Lipinski definition) is 5. The van der Waals surface area contributed by atoms with Crippen LogP contribution in [0.5, 0.6) is 11.5 Å². The highest BCUT2D eigenvalue weighted by molar-refractivity contribution is 5.86. The zero-order chi connectivity index (χ0) is 19.5. The molecule has 2 aromatic carbocycles. The van der Waals surface area contributed by atoms with Crippen molar-refractivity contribution >= 4 is 16.6 Å². The first-order valence-corrected chi connectivity index (χ1v) is 9.05. The van der Waals surface area contributed by atoms with Gasteiger partial charge in [0.1, 0.15) is 17.0 Å². The van der Waals surface area contributed by atoms with Gasteiger partial charge in [0.05, 0.1) is 18.8 Å². The molecule has 0 unspecified atom stereocenters. The van der Waals surface area contributed by atoms with Crippen LogP contribution in [0.25, 0.3) is 10.9 Å². The van der Waals surface area contributed by atoms with Crippen LogP contribution in [-0.2, 0) is 0 Å². The molecule has 0 saturated heterocycles. The summed E-state index contributed by atoms with van der Waals surface area (Å²) in [7, 11) is 1.65. The van der Waals surface area contributed by atoms with E-state index in [-0.39, 0.29) is 11.8 Å². The Morgan fingerprint density at radius 1 is 1.04 bits per heavy atom. The standard InChI is InChI=1S/C23H21N3O2/c1-15-7-10-20(28-2)19(13-15)26-21(17-6-3-11-24-14-17)18-9-8-16-5-4-12-25-22(16)23(18)27/h3-14,21,26-27H,1-2H3/t21-/m0/s1. The number of ether oxygens (including phenoxy) is 1. The van der Waals surface area contributed by atoms with E-state index in [9.17, 15) is 5.11 Å². The van der Waals surface area contributed by atoms with Gasteiger partial charge >= 0.3 is 0 Å². The van der Waals surface area contributed by atoms with Crippen LogP contribution in [-0.4, -0.2) is 22.2 Å². The monoisotopic (exact) mass is 371 g/mol. The van der Waals surface area contributed by atoms with Crippen LogP contribution < -0.4 is 10.1 Å². The molecule has 0 fully saturated rings. The molecule has 2 N–H and O–H groups in total. The number of rotatable bonds is 5. The van der Waals surface area contributed by atoms with E-state index in [0.29, 0.717) is 5.52 Å². The van der Waals surface area contributed by atoms with Gasteiger partial charge in [-0.2, -0.15) is 0 Å². The van der Waals surface area contributed by atoms with E-state index in [2.05, 4.69) is 15.3 Å². The van der Waals surface area contributed by atoms with E-state index >= 15 is 0 Å². The topological polar surface area (TPSA) is 67.3 Å². The van der Waals surface area contributed by atoms with Crippen LogP contribution in [0.3, 0.4) is 0 Å². The first kappa shape index (κ1) is 17.8. The van der Waals surface area contributed by atoms with Crippen molar-refractivity contribution in [2.45, 2.75) is 13.0 Å². The summed E-state index contributed by atoms with van der Waals surface area (Å²) < 4.78 is 5.52. The number of pyridine rings is 2. The molecule has 5 heteroatoms. The van der Waals surface area contributed by atoms with Gasteiger partial charge in [-0.25, -0.2) is 0 Å². The Morgan fingerprint density at radius 2 is 1.89 bits per heavy atom. The minimum absolute atomic E-state index is 0.158. The summed E-state index contributed by atoms with van der Waals surface area (Å²) in [6.07, 6.45) is 5.21. The fraction of sp³-hybridized carbons (Fsp3) is 0.130. The highest BCUT2D eigenvalue weighted by atomic mass is 16.5. The molecule has 2 heterocycles. The van der Waals surface area contributed by atoms with E-state index < -0.39 is 0 Å². The number of nitrogens with zero attached hydrogens (tertiary/aromatic N) is 2. The number of aromatic nitrogens is 2. The lowest BCUT2D eigenvalue weighted by atomic mass is 9.97. The minimum Gasteiger partial charge on any atom is -0.505 e. The molecule has 0 aliphatic heterocycles. The summed E-state index contributed by atoms with van der Waals surface area (Å²) in [5.74, 6) is 0.893. The predicted octanol–water partition coefficient (Wildman–Crippen LogP) is 4.85. The smallest absolute Gasteiger partial charge is 0.147 e. The molecule has 2 aromatic heterocycles. The van der Waals surface area contributed by atoms with Crippen molar-refractivity contribution in [3.8, 4) is 11.5 Å². The van der Waals surface area contributed by atoms with Crippen molar-refractivity contribution in [1.29, 1.82) is 0 Å². The number of benzene rings is 2. The number of fused-ring (bicyclic) bond motifs is 1. The molecule has 0 saturated carbocycles. The van der Waals surface area contributed by atoms with Crippen LogP contribution in [0.4, 0.5) is 5.69 Å². The lowest BCUT2D eigenvalue weighted by molar-refractivity contribution is 0.416. The molecule has 1 atom stereocenters. The van der Waals surface area contributed by atoms with Gasteiger partial charge in [-0.05, 0) is 42.3 Å². The third kappa shape index (κ3) is 3.34. The van der Waals surface area contributed by atoms with E-state index in [0.717, 1.165) is 33.5 Å². The van der Waals surface area contributed by atoms with Gasteiger partial charge < -0.3 is 15.2 Å². The highest BCUT2D eigenvalue weighted by Gasteiger charge is 2.21. The average Bonchev–Trinajstić information content (AvgIpc) is 2.74. The van der Waals surface area contributed by atoms with Crippen molar-refractivity contribution in [2.75, 3.05) is 12.4 Å². The van der Waals surface area contributed by atoms with Crippen LogP contribution in [0.1, 0.15) is 22.7 Å². The van der Waals surface area contributed by atoms with Gasteiger partial charge in [-0.15, -0.1) is 0 Å². The Hall–Kier alpha value is -3.60. The van der Waals surface area contributed by atoms with Gasteiger partial charge in [0.25, 0.3) is 0 Å². The fourth-order valence-corrected chi connectivity index (χ4v) is 3.36. The maximum absolute atomic E-state index is 11.0. The normalized spacial score (nSPS) is 11.9. The molecule has 140 valence electrons. The van der Waals surface area contributed by atoms with Gasteiger partial charge in [0.2, 0.25) is 0 Å². The molecule has 0 radical (unpaired) electrons. The second-order valence-electron chi connectivity index (χ2n) is 6.65. The van der Waals surface area contributed by atoms with E-state index in [1.807, 2.05) is 61.5 Å². The van der Waals surface area contributed by atoms with E-state index in [4.69, 9.17) is 4.74 Å². The molecular formula is C23H21N3O2. The zero-order valence-electron chi connectivity index (χ0n) is 15.8. The summed E-state index contributed by atoms with van der Waals surface area (Å²) in [4.78, 5) is 8.61. The third-order valence-corrected chi connectivity index (χ3v) is 4.76. The molecule has 0 aliphatic rings. The SMILES string of the molecule is COc1ccc(C)cc1N[C@@H](c1cccnc1)c1ccc2cccnc2c1O. The summed E-state index contributed by atoms with van der Waals surface area (Å²) >= 11 is 0. The summed E-state index contributed by atoms with van der Waals surface area (Å²) in [5, 5.41) is 15.4. The Bertz CT molecular complexity index is 1110. The Kier molecular flexibility index (Phi) is 4.81. The maximum Gasteiger partial charge on any atom is 0.147 e. The number of phenols is 1. The third-order valence-electron chi connectivity index (χ3n) is 4.76. The van der Waals surface area contributed by atoms with Crippen LogP contribution >= 0.6 is 0 Å². The summed E-state index contributed by atoms with van der Waals surface area (Å²) in [5.41, 5.74) is 4.18. The number of phenolic OH excluding ortho intramolecular Hbond substituents is 1. The van der Waals surface area contributed by atoms with Gasteiger partial charge in [-0.1, -0.05) is 30.3 Å². The van der Waals surface area contributed by atoms with Crippen molar-refractivity contribution in [3.05, 3.63) is 89.9 Å². The van der Waals surface area contributed by atoms with E-state index in [1.165, 1.54) is 0 Å². The molecular weight excluding hydrogens is 350 g/mol. The Balaban J connectivity index is 1.86. The van der Waals surface area contributed by atoms with Crippen LogP contribution in [0, 0.1) is 6.92 Å². The Labute approximate surface area is 163 Å². The molecule has 5 nitrogen and oxygen atoms in total. The van der Waals surface area contributed by atoms with Gasteiger partial charge in [-0.3, -0.25) is 9.97 Å². The lowest BCUT2D eigenvalue weighted by Gasteiger charge is -2.23. The molecule has 0 aliphatic carbocycles. The number of nitrogens with one attached hydrogen (secondary N) is 1. The first-order chi connectivity index (χ1) is 13.7. The lowest BCUT2D eigenvalue weighted by Crippen LogP contribution is -2.14. The number of aromatic hydroxyl groups is 1. The fourth-order valence-electron chi connectivity index (χ4n) is 3.36. The van der Waals surface area contributed by atoms with Crippen molar-refractivity contribution in [2.24, 2.45) is 0 Å². The van der Waals surface area contributed by atoms with E-state index in [1.54, 1.807) is 25.7 Å². The second kappa shape index (κ2) is 7.56. The molecule has 0 amide bonds. The maximum atomic E-state index is 11.0. The van der Waals surface area contributed by atoms with Crippen molar-refractivity contribution in [3.63, 3.8) is 0 Å². The van der Waals surface area contributed by atoms with Crippen molar-refractivity contribution in [1.82, 2.24) is 9.97 Å². The molecule has 0 spiro atoms. The van der Waals surface area contributed by atoms with Gasteiger partial charge in [0, 0.05) is 29.5 Å². The molecule has 4 rings (SSSR count). The second-order valence-corrected chi connectivity index (χ2v) is 6.65. The number of hydrogen-bond donors (Lipinski definition) is 2. The zero-order valence-corrected chi connectivity index (χ0v) is 15.8. The van der Waals surface area contributed by atoms with Gasteiger partial charge in [0.15, 0.2) is 0 Å².